The molecular formula is C12H23N. The van der Waals surface area contributed by atoms with E-state index in [0.29, 0.717) is 6.04 Å². The van der Waals surface area contributed by atoms with Crippen LogP contribution in [0.15, 0.2) is 11.1 Å². The Balaban J connectivity index is 2.66. The van der Waals surface area contributed by atoms with Crippen molar-refractivity contribution in [1.82, 2.24) is 5.32 Å². The van der Waals surface area contributed by atoms with Gasteiger partial charge in [-0.3, -0.25) is 0 Å². The molecule has 76 valence electrons. The van der Waals surface area contributed by atoms with E-state index in [1.807, 2.05) is 0 Å². The fourth-order valence-electron chi connectivity index (χ4n) is 2.03. The zero-order chi connectivity index (χ0) is 9.84. The Bertz CT molecular complexity index is 193. The first kappa shape index (κ1) is 10.8. The van der Waals surface area contributed by atoms with Crippen molar-refractivity contribution < 1.29 is 0 Å². The lowest BCUT2D eigenvalue weighted by Gasteiger charge is -2.26. The van der Waals surface area contributed by atoms with Crippen LogP contribution in [-0.2, 0) is 0 Å². The second-order valence-electron chi connectivity index (χ2n) is 4.41. The molecule has 1 rings (SSSR count). The lowest BCUT2D eigenvalue weighted by Crippen LogP contribution is -2.33. The van der Waals surface area contributed by atoms with Gasteiger partial charge in [0.1, 0.15) is 0 Å². The highest BCUT2D eigenvalue weighted by molar-refractivity contribution is 5.17. The van der Waals surface area contributed by atoms with Gasteiger partial charge in [0, 0.05) is 6.04 Å². The smallest absolute Gasteiger partial charge is 0.00761 e. The molecule has 0 aromatic rings. The molecule has 1 nitrogen and oxygen atoms in total. The molecule has 1 aliphatic rings. The Kier molecular flexibility index (Phi) is 3.98. The number of hydrogen-bond acceptors (Lipinski definition) is 1. The highest BCUT2D eigenvalue weighted by Gasteiger charge is 2.15. The van der Waals surface area contributed by atoms with E-state index in [1.165, 1.54) is 25.8 Å². The SMILES string of the molecule is CCC(C)/C(C)=C1\CCNC(C)C1. The van der Waals surface area contributed by atoms with Gasteiger partial charge in [-0.2, -0.15) is 0 Å². The molecule has 1 fully saturated rings. The van der Waals surface area contributed by atoms with E-state index in [2.05, 4.69) is 33.0 Å². The second-order valence-corrected chi connectivity index (χ2v) is 4.41. The Morgan fingerprint density at radius 3 is 2.85 bits per heavy atom. The van der Waals surface area contributed by atoms with Gasteiger partial charge >= 0.3 is 0 Å². The number of rotatable bonds is 2. The van der Waals surface area contributed by atoms with Gasteiger partial charge in [-0.15, -0.1) is 0 Å². The van der Waals surface area contributed by atoms with Gasteiger partial charge in [-0.1, -0.05) is 25.0 Å². The van der Waals surface area contributed by atoms with Crippen LogP contribution in [0.25, 0.3) is 0 Å². The molecule has 0 aromatic carbocycles. The third kappa shape index (κ3) is 2.84. The van der Waals surface area contributed by atoms with Gasteiger partial charge in [0.2, 0.25) is 0 Å². The maximum atomic E-state index is 3.49. The molecule has 2 unspecified atom stereocenters. The molecule has 1 heteroatoms. The predicted octanol–water partition coefficient (Wildman–Crippen LogP) is 3.12. The maximum Gasteiger partial charge on any atom is 0.00761 e. The van der Waals surface area contributed by atoms with Crippen molar-refractivity contribution in [2.75, 3.05) is 6.54 Å². The molecule has 0 spiro atoms. The van der Waals surface area contributed by atoms with Crippen LogP contribution in [0.3, 0.4) is 0 Å². The van der Waals surface area contributed by atoms with Crippen LogP contribution in [0.1, 0.15) is 47.0 Å². The fraction of sp³-hybridized carbons (Fsp3) is 0.833. The van der Waals surface area contributed by atoms with E-state index in [9.17, 15) is 0 Å². The summed E-state index contributed by atoms with van der Waals surface area (Å²) < 4.78 is 0. The van der Waals surface area contributed by atoms with Gasteiger partial charge in [-0.05, 0) is 45.6 Å². The number of piperidine rings is 1. The standard InChI is InChI=1S/C12H23N/c1-5-9(2)11(4)12-6-7-13-10(3)8-12/h9-10,13H,5-8H2,1-4H3/b12-11+. The zero-order valence-corrected chi connectivity index (χ0v) is 9.48. The van der Waals surface area contributed by atoms with E-state index in [1.54, 1.807) is 11.1 Å². The molecule has 13 heavy (non-hydrogen) atoms. The van der Waals surface area contributed by atoms with Crippen molar-refractivity contribution >= 4 is 0 Å². The highest BCUT2D eigenvalue weighted by atomic mass is 14.9. The van der Waals surface area contributed by atoms with Crippen LogP contribution < -0.4 is 5.32 Å². The molecule has 0 saturated carbocycles. The first-order valence-corrected chi connectivity index (χ1v) is 5.57. The van der Waals surface area contributed by atoms with E-state index in [0.717, 1.165) is 5.92 Å². The second kappa shape index (κ2) is 4.80. The van der Waals surface area contributed by atoms with Crippen LogP contribution in [0.2, 0.25) is 0 Å². The molecule has 0 radical (unpaired) electrons. The lowest BCUT2D eigenvalue weighted by molar-refractivity contribution is 0.481. The molecule has 1 aliphatic heterocycles. The number of allylic oxidation sites excluding steroid dienone is 1. The molecule has 0 aromatic heterocycles. The third-order valence-corrected chi connectivity index (χ3v) is 3.38. The Morgan fingerprint density at radius 1 is 1.62 bits per heavy atom. The van der Waals surface area contributed by atoms with Gasteiger partial charge in [-0.25, -0.2) is 0 Å². The quantitative estimate of drug-likeness (QED) is 0.645. The first-order valence-electron chi connectivity index (χ1n) is 5.57. The molecule has 0 amide bonds. The Morgan fingerprint density at radius 2 is 2.31 bits per heavy atom. The summed E-state index contributed by atoms with van der Waals surface area (Å²) in [6.45, 7) is 10.4. The molecule has 1 heterocycles. The zero-order valence-electron chi connectivity index (χ0n) is 9.48. The summed E-state index contributed by atoms with van der Waals surface area (Å²) in [6, 6.07) is 0.683. The van der Waals surface area contributed by atoms with Crippen molar-refractivity contribution in [3.05, 3.63) is 11.1 Å². The fourth-order valence-corrected chi connectivity index (χ4v) is 2.03. The van der Waals surface area contributed by atoms with Crippen LogP contribution in [0, 0.1) is 5.92 Å². The third-order valence-electron chi connectivity index (χ3n) is 3.38. The topological polar surface area (TPSA) is 12.0 Å². The highest BCUT2D eigenvalue weighted by Crippen LogP contribution is 2.25. The van der Waals surface area contributed by atoms with E-state index < -0.39 is 0 Å². The number of hydrogen-bond donors (Lipinski definition) is 1. The van der Waals surface area contributed by atoms with Crippen molar-refractivity contribution in [2.45, 2.75) is 53.0 Å². The summed E-state index contributed by atoms with van der Waals surface area (Å²) in [4.78, 5) is 0. The average molecular weight is 181 g/mol. The average Bonchev–Trinajstić information content (AvgIpc) is 2.15. The van der Waals surface area contributed by atoms with Crippen LogP contribution in [0.5, 0.6) is 0 Å². The van der Waals surface area contributed by atoms with Crippen molar-refractivity contribution in [3.8, 4) is 0 Å². The largest absolute Gasteiger partial charge is 0.314 e. The summed E-state index contributed by atoms with van der Waals surface area (Å²) >= 11 is 0. The number of nitrogens with one attached hydrogen (secondary N) is 1. The van der Waals surface area contributed by atoms with Crippen LogP contribution in [-0.4, -0.2) is 12.6 Å². The van der Waals surface area contributed by atoms with E-state index in [-0.39, 0.29) is 0 Å². The molecule has 0 aliphatic carbocycles. The Labute approximate surface area is 82.6 Å². The normalized spacial score (nSPS) is 30.0. The minimum Gasteiger partial charge on any atom is -0.314 e. The summed E-state index contributed by atoms with van der Waals surface area (Å²) in [5, 5.41) is 3.49. The van der Waals surface area contributed by atoms with Crippen molar-refractivity contribution in [2.24, 2.45) is 5.92 Å². The minimum atomic E-state index is 0.683. The molecule has 1 N–H and O–H groups in total. The molecule has 0 bridgehead atoms. The van der Waals surface area contributed by atoms with Crippen molar-refractivity contribution in [1.29, 1.82) is 0 Å². The van der Waals surface area contributed by atoms with Crippen molar-refractivity contribution in [3.63, 3.8) is 0 Å². The molecule has 2 atom stereocenters. The summed E-state index contributed by atoms with van der Waals surface area (Å²) in [5.41, 5.74) is 3.36. The van der Waals surface area contributed by atoms with Crippen LogP contribution in [0.4, 0.5) is 0 Å². The molecular weight excluding hydrogens is 158 g/mol. The van der Waals surface area contributed by atoms with E-state index in [4.69, 9.17) is 0 Å². The summed E-state index contributed by atoms with van der Waals surface area (Å²) in [6.07, 6.45) is 3.80. The molecule has 1 saturated heterocycles. The van der Waals surface area contributed by atoms with Gasteiger partial charge in [0.25, 0.3) is 0 Å². The summed E-state index contributed by atoms with van der Waals surface area (Å²) in [7, 11) is 0. The lowest BCUT2D eigenvalue weighted by atomic mass is 9.88. The van der Waals surface area contributed by atoms with Gasteiger partial charge in [0.05, 0.1) is 0 Å². The first-order chi connectivity index (χ1) is 6.15. The maximum absolute atomic E-state index is 3.49. The Hall–Kier alpha value is -0.300. The van der Waals surface area contributed by atoms with Gasteiger partial charge < -0.3 is 5.32 Å². The summed E-state index contributed by atoms with van der Waals surface area (Å²) in [5.74, 6) is 0.778. The van der Waals surface area contributed by atoms with E-state index >= 15 is 0 Å². The van der Waals surface area contributed by atoms with Gasteiger partial charge in [0.15, 0.2) is 0 Å². The monoisotopic (exact) mass is 181 g/mol. The predicted molar refractivity (Wildman–Crippen MR) is 58.9 cm³/mol. The minimum absolute atomic E-state index is 0.683. The van der Waals surface area contributed by atoms with Crippen LogP contribution >= 0.6 is 0 Å².